The number of nitrogens with zero attached hydrogens (tertiary/aromatic N) is 4. The lowest BCUT2D eigenvalue weighted by Crippen LogP contribution is -2.23. The van der Waals surface area contributed by atoms with Gasteiger partial charge in [-0.3, -0.25) is 0 Å². The Balaban J connectivity index is 2.00. The average Bonchev–Trinajstić information content (AvgIpc) is 3.12. The number of hydrogen-bond donors (Lipinski definition) is 1. The van der Waals surface area contributed by atoms with Crippen molar-refractivity contribution in [2.75, 3.05) is 12.3 Å². The van der Waals surface area contributed by atoms with Crippen LogP contribution in [-0.2, 0) is 4.74 Å². The molecule has 2 heterocycles. The van der Waals surface area contributed by atoms with Crippen LogP contribution in [-0.4, -0.2) is 32.9 Å². The third-order valence-electron chi connectivity index (χ3n) is 3.71. The van der Waals surface area contributed by atoms with E-state index in [2.05, 4.69) is 15.5 Å². The van der Waals surface area contributed by atoms with Gasteiger partial charge in [0.05, 0.1) is 23.4 Å². The molecule has 1 aromatic heterocycles. The number of anilines is 1. The Kier molecular flexibility index (Phi) is 3.54. The highest BCUT2D eigenvalue weighted by Gasteiger charge is 2.28. The van der Waals surface area contributed by atoms with Crippen LogP contribution in [0.5, 0.6) is 0 Å². The Hall–Kier alpha value is -2.09. The van der Waals surface area contributed by atoms with E-state index < -0.39 is 11.6 Å². The van der Waals surface area contributed by atoms with Crippen molar-refractivity contribution in [2.24, 2.45) is 0 Å². The van der Waals surface area contributed by atoms with E-state index in [1.807, 2.05) is 6.92 Å². The topological polar surface area (TPSA) is 78.8 Å². The SMILES string of the molecule is CC(C1CCCO1)n1nnnc1-c1cc(N)c(F)cc1F. The normalized spacial score (nSPS) is 19.9. The largest absolute Gasteiger partial charge is 0.396 e. The first-order valence-electron chi connectivity index (χ1n) is 6.72. The number of ether oxygens (including phenoxy) is 1. The molecular weight excluding hydrogens is 280 g/mol. The van der Waals surface area contributed by atoms with Crippen LogP contribution in [0.4, 0.5) is 14.5 Å². The zero-order chi connectivity index (χ0) is 15.0. The summed E-state index contributed by atoms with van der Waals surface area (Å²) in [4.78, 5) is 0. The van der Waals surface area contributed by atoms with Crippen molar-refractivity contribution in [1.82, 2.24) is 20.2 Å². The Morgan fingerprint density at radius 3 is 2.90 bits per heavy atom. The molecule has 21 heavy (non-hydrogen) atoms. The van der Waals surface area contributed by atoms with Crippen molar-refractivity contribution in [3.8, 4) is 11.4 Å². The maximum atomic E-state index is 14.0. The second-order valence-corrected chi connectivity index (χ2v) is 5.09. The summed E-state index contributed by atoms with van der Waals surface area (Å²) < 4.78 is 34.3. The fourth-order valence-electron chi connectivity index (χ4n) is 2.52. The van der Waals surface area contributed by atoms with Crippen molar-refractivity contribution in [3.63, 3.8) is 0 Å². The molecule has 0 aliphatic carbocycles. The van der Waals surface area contributed by atoms with E-state index >= 15 is 0 Å². The van der Waals surface area contributed by atoms with Crippen LogP contribution in [0.1, 0.15) is 25.8 Å². The fourth-order valence-corrected chi connectivity index (χ4v) is 2.52. The molecule has 6 nitrogen and oxygen atoms in total. The molecule has 2 atom stereocenters. The van der Waals surface area contributed by atoms with E-state index in [1.54, 1.807) is 0 Å². The summed E-state index contributed by atoms with van der Waals surface area (Å²) in [6.45, 7) is 2.60. The van der Waals surface area contributed by atoms with Crippen LogP contribution in [0.25, 0.3) is 11.4 Å². The summed E-state index contributed by atoms with van der Waals surface area (Å²) in [6, 6.07) is 1.79. The van der Waals surface area contributed by atoms with E-state index in [0.29, 0.717) is 6.61 Å². The van der Waals surface area contributed by atoms with E-state index in [4.69, 9.17) is 10.5 Å². The minimum absolute atomic E-state index is 0.0203. The third-order valence-corrected chi connectivity index (χ3v) is 3.71. The highest BCUT2D eigenvalue weighted by molar-refractivity contribution is 5.62. The number of hydrogen-bond acceptors (Lipinski definition) is 5. The maximum Gasteiger partial charge on any atom is 0.185 e. The van der Waals surface area contributed by atoms with Crippen LogP contribution in [0.15, 0.2) is 12.1 Å². The zero-order valence-corrected chi connectivity index (χ0v) is 11.5. The third kappa shape index (κ3) is 2.46. The first-order chi connectivity index (χ1) is 10.1. The number of tetrazole rings is 1. The molecule has 2 aromatic rings. The summed E-state index contributed by atoms with van der Waals surface area (Å²) in [5, 5.41) is 11.3. The minimum atomic E-state index is -0.803. The molecule has 1 aromatic carbocycles. The highest BCUT2D eigenvalue weighted by Crippen LogP contribution is 2.29. The fraction of sp³-hybridized carbons (Fsp3) is 0.462. The molecule has 1 aliphatic heterocycles. The predicted octanol–water partition coefficient (Wildman–Crippen LogP) is 1.94. The smallest absolute Gasteiger partial charge is 0.185 e. The summed E-state index contributed by atoms with van der Waals surface area (Å²) in [6.07, 6.45) is 1.85. The van der Waals surface area contributed by atoms with Crippen LogP contribution in [0.2, 0.25) is 0 Å². The Bertz CT molecular complexity index is 654. The van der Waals surface area contributed by atoms with Crippen molar-refractivity contribution in [2.45, 2.75) is 31.9 Å². The van der Waals surface area contributed by atoms with E-state index in [9.17, 15) is 8.78 Å². The molecule has 1 aliphatic rings. The summed E-state index contributed by atoms with van der Waals surface area (Å²) >= 11 is 0. The van der Waals surface area contributed by atoms with Crippen molar-refractivity contribution in [1.29, 1.82) is 0 Å². The molecule has 1 fully saturated rings. The first kappa shape index (κ1) is 13.9. The Morgan fingerprint density at radius 2 is 2.19 bits per heavy atom. The van der Waals surface area contributed by atoms with E-state index in [1.165, 1.54) is 10.7 Å². The predicted molar refractivity (Wildman–Crippen MR) is 71.3 cm³/mol. The van der Waals surface area contributed by atoms with Gasteiger partial charge in [0, 0.05) is 12.7 Å². The average molecular weight is 295 g/mol. The van der Waals surface area contributed by atoms with Gasteiger partial charge in [-0.05, 0) is 36.3 Å². The number of rotatable bonds is 3. The van der Waals surface area contributed by atoms with E-state index in [-0.39, 0.29) is 29.2 Å². The standard InChI is InChI=1S/C13H15F2N5O/c1-7(12-3-2-4-21-12)20-13(17-18-19-20)8-5-11(16)10(15)6-9(8)14/h5-7,12H,2-4,16H2,1H3. The molecule has 8 heteroatoms. The molecule has 112 valence electrons. The van der Waals surface area contributed by atoms with Gasteiger partial charge in [0.25, 0.3) is 0 Å². The molecule has 0 bridgehead atoms. The molecule has 0 saturated carbocycles. The molecule has 1 saturated heterocycles. The van der Waals surface area contributed by atoms with Gasteiger partial charge in [0.15, 0.2) is 5.82 Å². The van der Waals surface area contributed by atoms with Crippen LogP contribution >= 0.6 is 0 Å². The number of aromatic nitrogens is 4. The molecular formula is C13H15F2N5O. The van der Waals surface area contributed by atoms with Gasteiger partial charge in [-0.2, -0.15) is 0 Å². The lowest BCUT2D eigenvalue weighted by atomic mass is 10.1. The Morgan fingerprint density at radius 1 is 1.38 bits per heavy atom. The van der Waals surface area contributed by atoms with Gasteiger partial charge in [-0.25, -0.2) is 13.5 Å². The molecule has 3 rings (SSSR count). The second kappa shape index (κ2) is 5.36. The summed E-state index contributed by atoms with van der Waals surface area (Å²) in [5.41, 5.74) is 5.43. The summed E-state index contributed by atoms with van der Waals surface area (Å²) in [5.74, 6) is -1.35. The molecule has 0 radical (unpaired) electrons. The second-order valence-electron chi connectivity index (χ2n) is 5.09. The van der Waals surface area contributed by atoms with Gasteiger partial charge in [-0.1, -0.05) is 0 Å². The van der Waals surface area contributed by atoms with Gasteiger partial charge < -0.3 is 10.5 Å². The lowest BCUT2D eigenvalue weighted by molar-refractivity contribution is 0.0690. The lowest BCUT2D eigenvalue weighted by Gasteiger charge is -2.19. The zero-order valence-electron chi connectivity index (χ0n) is 11.5. The van der Waals surface area contributed by atoms with Gasteiger partial charge in [0.1, 0.15) is 11.6 Å². The highest BCUT2D eigenvalue weighted by atomic mass is 19.1. The number of halogens is 2. The Labute approximate surface area is 119 Å². The minimum Gasteiger partial charge on any atom is -0.396 e. The quantitative estimate of drug-likeness (QED) is 0.875. The number of benzene rings is 1. The number of nitrogens with two attached hydrogens (primary N) is 1. The molecule has 0 spiro atoms. The van der Waals surface area contributed by atoms with Crippen molar-refractivity contribution >= 4 is 5.69 Å². The monoisotopic (exact) mass is 295 g/mol. The van der Waals surface area contributed by atoms with Gasteiger partial charge in [0.2, 0.25) is 0 Å². The summed E-state index contributed by atoms with van der Waals surface area (Å²) in [7, 11) is 0. The van der Waals surface area contributed by atoms with Crippen molar-refractivity contribution < 1.29 is 13.5 Å². The maximum absolute atomic E-state index is 14.0. The van der Waals surface area contributed by atoms with Gasteiger partial charge >= 0.3 is 0 Å². The van der Waals surface area contributed by atoms with Gasteiger partial charge in [-0.15, -0.1) is 5.10 Å². The molecule has 2 N–H and O–H groups in total. The molecule has 2 unspecified atom stereocenters. The van der Waals surface area contributed by atoms with E-state index in [0.717, 1.165) is 18.9 Å². The van der Waals surface area contributed by atoms with Crippen molar-refractivity contribution in [3.05, 3.63) is 23.8 Å². The molecule has 0 amide bonds. The number of nitrogen functional groups attached to an aromatic ring is 1. The first-order valence-corrected chi connectivity index (χ1v) is 6.72. The van der Waals surface area contributed by atoms with Crippen LogP contribution in [0.3, 0.4) is 0 Å². The van der Waals surface area contributed by atoms with Crippen LogP contribution < -0.4 is 5.73 Å². The van der Waals surface area contributed by atoms with Crippen LogP contribution in [0, 0.1) is 11.6 Å².